The minimum absolute atomic E-state index is 0.00194. The third-order valence-corrected chi connectivity index (χ3v) is 9.16. The van der Waals surface area contributed by atoms with Crippen LogP contribution in [0.1, 0.15) is 53.4 Å². The fourth-order valence-electron chi connectivity index (χ4n) is 7.64. The molecule has 0 aromatic carbocycles. The van der Waals surface area contributed by atoms with Gasteiger partial charge in [0.2, 0.25) is 0 Å². The summed E-state index contributed by atoms with van der Waals surface area (Å²) in [5.41, 5.74) is -0.878. The van der Waals surface area contributed by atoms with Crippen molar-refractivity contribution >= 4 is 5.78 Å². The number of aliphatic hydroxyl groups is 1. The second-order valence-electron chi connectivity index (χ2n) is 9.59. The summed E-state index contributed by atoms with van der Waals surface area (Å²) in [6.45, 7) is 12.6. The van der Waals surface area contributed by atoms with E-state index in [9.17, 15) is 14.3 Å². The van der Waals surface area contributed by atoms with Gasteiger partial charge in [0.05, 0.1) is 6.10 Å². The van der Waals surface area contributed by atoms with Gasteiger partial charge in [-0.2, -0.15) is 0 Å². The van der Waals surface area contributed by atoms with Gasteiger partial charge in [-0.15, -0.1) is 6.58 Å². The second-order valence-corrected chi connectivity index (χ2v) is 9.59. The van der Waals surface area contributed by atoms with Gasteiger partial charge < -0.3 is 5.11 Å². The standard InChI is InChI=1S/C20H29FO2/c1-6-17(4)7-8-18(5)12(3)20-10-19(16(18)20,11(2)14(17)22)9-13(21)15(20)23/h6,11-14,16,22H,1,7-10H2,2-5H3/t11-,12?,13-,14-,16-,17+,18+,19+,20?/m0/s1. The van der Waals surface area contributed by atoms with Gasteiger partial charge in [-0.1, -0.05) is 33.8 Å². The summed E-state index contributed by atoms with van der Waals surface area (Å²) in [5, 5.41) is 11.1. The van der Waals surface area contributed by atoms with Gasteiger partial charge in [0, 0.05) is 10.8 Å². The first-order valence-electron chi connectivity index (χ1n) is 9.10. The maximum Gasteiger partial charge on any atom is 0.173 e. The fourth-order valence-corrected chi connectivity index (χ4v) is 7.64. The molecule has 0 radical (unpaired) electrons. The molecule has 4 aliphatic rings. The highest BCUT2D eigenvalue weighted by molar-refractivity contribution is 5.94. The van der Waals surface area contributed by atoms with Gasteiger partial charge in [-0.05, 0) is 54.3 Å². The van der Waals surface area contributed by atoms with Gasteiger partial charge in [0.1, 0.15) is 0 Å². The molecule has 0 amide bonds. The minimum Gasteiger partial charge on any atom is -0.392 e. The Balaban J connectivity index is 1.84. The average Bonchev–Trinajstić information content (AvgIpc) is 2.51. The van der Waals surface area contributed by atoms with Crippen LogP contribution >= 0.6 is 0 Å². The molecule has 0 aliphatic heterocycles. The lowest BCUT2D eigenvalue weighted by Crippen LogP contribution is -2.85. The van der Waals surface area contributed by atoms with E-state index in [0.717, 1.165) is 19.3 Å². The number of hydrogen-bond donors (Lipinski definition) is 1. The van der Waals surface area contributed by atoms with Gasteiger partial charge in [0.25, 0.3) is 0 Å². The first kappa shape index (κ1) is 15.8. The van der Waals surface area contributed by atoms with E-state index in [1.807, 2.05) is 6.08 Å². The van der Waals surface area contributed by atoms with Crippen LogP contribution in [0.4, 0.5) is 4.39 Å². The predicted octanol–water partition coefficient (Wildman–Crippen LogP) is 3.93. The quantitative estimate of drug-likeness (QED) is 0.743. The third kappa shape index (κ3) is 1.36. The normalized spacial score (nSPS) is 63.9. The minimum atomic E-state index is -1.34. The monoisotopic (exact) mass is 320 g/mol. The Hall–Kier alpha value is -0.700. The number of Topliss-reactive ketones (excluding diaryl/α,β-unsaturated/α-hetero) is 1. The molecule has 4 rings (SSSR count). The van der Waals surface area contributed by atoms with E-state index in [1.54, 1.807) is 0 Å². The maximum atomic E-state index is 14.5. The highest BCUT2D eigenvalue weighted by atomic mass is 19.1. The molecule has 0 heterocycles. The Bertz CT molecular complexity index is 602. The Morgan fingerprint density at radius 2 is 1.96 bits per heavy atom. The number of hydrogen-bond acceptors (Lipinski definition) is 2. The summed E-state index contributed by atoms with van der Waals surface area (Å²) in [6, 6.07) is 0. The molecule has 2 nitrogen and oxygen atoms in total. The molecular formula is C20H29FO2. The number of alkyl halides is 1. The van der Waals surface area contributed by atoms with E-state index in [-0.39, 0.29) is 39.8 Å². The SMILES string of the molecule is C=C[C@]1(C)CC[C@]2(C)C(C)C34C[C@@](C[C@H](F)C3=O)([C@@H]42)[C@@H](C)[C@@H]1O. The molecule has 2 spiro atoms. The number of aliphatic hydroxyl groups excluding tert-OH is 1. The lowest BCUT2D eigenvalue weighted by atomic mass is 9.18. The molecule has 0 saturated heterocycles. The summed E-state index contributed by atoms with van der Waals surface area (Å²) in [7, 11) is 0. The van der Waals surface area contributed by atoms with Gasteiger partial charge in [-0.25, -0.2) is 4.39 Å². The van der Waals surface area contributed by atoms with E-state index in [0.29, 0.717) is 6.42 Å². The number of carbonyl (C=O) groups excluding carboxylic acids is 1. The number of halogens is 1. The van der Waals surface area contributed by atoms with Crippen molar-refractivity contribution in [2.45, 2.75) is 65.7 Å². The van der Waals surface area contributed by atoms with Crippen LogP contribution in [0.3, 0.4) is 0 Å². The predicted molar refractivity (Wildman–Crippen MR) is 87.5 cm³/mol. The number of rotatable bonds is 1. The molecule has 23 heavy (non-hydrogen) atoms. The molecule has 4 aliphatic carbocycles. The lowest BCUT2D eigenvalue weighted by Gasteiger charge is -2.85. The number of ketones is 1. The van der Waals surface area contributed by atoms with E-state index in [4.69, 9.17) is 0 Å². The van der Waals surface area contributed by atoms with Crippen molar-refractivity contribution < 1.29 is 14.3 Å². The molecule has 3 heteroatoms. The second kappa shape index (κ2) is 4.09. The van der Waals surface area contributed by atoms with Crippen LogP contribution in [0, 0.1) is 39.4 Å². The van der Waals surface area contributed by atoms with E-state index >= 15 is 0 Å². The lowest BCUT2D eigenvalue weighted by molar-refractivity contribution is -0.364. The fraction of sp³-hybridized carbons (Fsp3) is 0.850. The molecule has 0 aromatic rings. The summed E-state index contributed by atoms with van der Waals surface area (Å²) < 4.78 is 14.5. The molecule has 1 N–H and O–H groups in total. The molecule has 2 bridgehead atoms. The van der Waals surface area contributed by atoms with Crippen LogP contribution in [0.25, 0.3) is 0 Å². The first-order valence-corrected chi connectivity index (χ1v) is 9.10. The summed E-state index contributed by atoms with van der Waals surface area (Å²) >= 11 is 0. The smallest absolute Gasteiger partial charge is 0.173 e. The summed E-state index contributed by atoms with van der Waals surface area (Å²) in [6.07, 6.45) is 3.01. The van der Waals surface area contributed by atoms with Crippen LogP contribution < -0.4 is 0 Å². The van der Waals surface area contributed by atoms with Crippen molar-refractivity contribution in [2.75, 3.05) is 0 Å². The zero-order chi connectivity index (χ0) is 17.0. The third-order valence-electron chi connectivity index (χ3n) is 9.16. The number of carbonyl (C=O) groups is 1. The van der Waals surface area contributed by atoms with E-state index in [1.165, 1.54) is 0 Å². The van der Waals surface area contributed by atoms with Gasteiger partial charge in [0.15, 0.2) is 12.0 Å². The van der Waals surface area contributed by atoms with E-state index in [2.05, 4.69) is 34.3 Å². The summed E-state index contributed by atoms with van der Waals surface area (Å²) in [4.78, 5) is 12.6. The van der Waals surface area contributed by atoms with Crippen LogP contribution in [0.5, 0.6) is 0 Å². The van der Waals surface area contributed by atoms with Crippen molar-refractivity contribution in [2.24, 2.45) is 39.4 Å². The molecular weight excluding hydrogens is 291 g/mol. The Kier molecular flexibility index (Phi) is 2.81. The summed E-state index contributed by atoms with van der Waals surface area (Å²) in [5.74, 6) is 0.372. The largest absolute Gasteiger partial charge is 0.392 e. The molecule has 0 aromatic heterocycles. The highest BCUT2D eigenvalue weighted by Crippen LogP contribution is 2.87. The van der Waals surface area contributed by atoms with Crippen molar-refractivity contribution in [3.8, 4) is 0 Å². The van der Waals surface area contributed by atoms with Crippen LogP contribution in [0.15, 0.2) is 12.7 Å². The van der Waals surface area contributed by atoms with Crippen molar-refractivity contribution in [3.63, 3.8) is 0 Å². The van der Waals surface area contributed by atoms with E-state index < -0.39 is 17.7 Å². The molecule has 4 fully saturated rings. The molecule has 128 valence electrons. The zero-order valence-electron chi connectivity index (χ0n) is 14.7. The van der Waals surface area contributed by atoms with Crippen LogP contribution in [-0.4, -0.2) is 23.2 Å². The van der Waals surface area contributed by atoms with Crippen molar-refractivity contribution in [1.29, 1.82) is 0 Å². The van der Waals surface area contributed by atoms with Crippen molar-refractivity contribution in [1.82, 2.24) is 0 Å². The molecule has 9 atom stereocenters. The van der Waals surface area contributed by atoms with Crippen LogP contribution in [-0.2, 0) is 4.79 Å². The van der Waals surface area contributed by atoms with Crippen LogP contribution in [0.2, 0.25) is 0 Å². The van der Waals surface area contributed by atoms with Gasteiger partial charge >= 0.3 is 0 Å². The maximum absolute atomic E-state index is 14.5. The first-order chi connectivity index (χ1) is 10.6. The van der Waals surface area contributed by atoms with Gasteiger partial charge in [-0.3, -0.25) is 4.79 Å². The van der Waals surface area contributed by atoms with Crippen molar-refractivity contribution in [3.05, 3.63) is 12.7 Å². The molecule has 2 unspecified atom stereocenters. The highest BCUT2D eigenvalue weighted by Gasteiger charge is 2.86. The Morgan fingerprint density at radius 1 is 1.30 bits per heavy atom. The Morgan fingerprint density at radius 3 is 2.57 bits per heavy atom. The average molecular weight is 320 g/mol. The molecule has 4 saturated carbocycles. The topological polar surface area (TPSA) is 37.3 Å². The Labute approximate surface area is 138 Å². The zero-order valence-corrected chi connectivity index (χ0v) is 14.7.